The fraction of sp³-hybridized carbons (Fsp3) is 0.500. The zero-order valence-electron chi connectivity index (χ0n) is 20.5. The van der Waals surface area contributed by atoms with Gasteiger partial charge in [0.05, 0.1) is 32.8 Å². The number of alkyl halides is 1. The zero-order chi connectivity index (χ0) is 25.0. The Morgan fingerprint density at radius 1 is 0.857 bits per heavy atom. The monoisotopic (exact) mass is 546 g/mol. The van der Waals surface area contributed by atoms with Crippen molar-refractivity contribution in [1.29, 1.82) is 0 Å². The van der Waals surface area contributed by atoms with Crippen LogP contribution in [-0.2, 0) is 35.0 Å². The predicted molar refractivity (Wildman–Crippen MR) is 137 cm³/mol. The van der Waals surface area contributed by atoms with E-state index in [0.717, 1.165) is 61.2 Å². The van der Waals surface area contributed by atoms with Crippen molar-refractivity contribution in [3.8, 4) is 0 Å². The van der Waals surface area contributed by atoms with Crippen LogP contribution in [0.4, 0.5) is 0 Å². The van der Waals surface area contributed by atoms with Gasteiger partial charge in [-0.05, 0) is 60.8 Å². The van der Waals surface area contributed by atoms with Gasteiger partial charge in [0.1, 0.15) is 4.83 Å². The summed E-state index contributed by atoms with van der Waals surface area (Å²) in [4.78, 5) is 22.6. The largest absolute Gasteiger partial charge is 0.469 e. The van der Waals surface area contributed by atoms with Gasteiger partial charge in [-0.25, -0.2) is 0 Å². The lowest BCUT2D eigenvalue weighted by molar-refractivity contribution is -0.140. The molecule has 2 saturated heterocycles. The predicted octanol–water partition coefficient (Wildman–Crippen LogP) is 6.18. The van der Waals surface area contributed by atoms with E-state index in [1.807, 2.05) is 48.5 Å². The van der Waals surface area contributed by atoms with Crippen LogP contribution < -0.4 is 0 Å². The molecule has 7 heteroatoms. The van der Waals surface area contributed by atoms with Gasteiger partial charge < -0.3 is 18.9 Å². The molecule has 2 aliphatic heterocycles. The van der Waals surface area contributed by atoms with Gasteiger partial charge >= 0.3 is 11.9 Å². The van der Waals surface area contributed by atoms with E-state index in [4.69, 9.17) is 18.9 Å². The van der Waals surface area contributed by atoms with Gasteiger partial charge in [-0.2, -0.15) is 0 Å². The Balaban J connectivity index is 0.000000196. The Kier molecular flexibility index (Phi) is 11.2. The minimum absolute atomic E-state index is 0.0969. The highest BCUT2D eigenvalue weighted by Crippen LogP contribution is 2.36. The molecule has 4 rings (SSSR count). The molecular formula is C28H35BrO6. The van der Waals surface area contributed by atoms with Crippen LogP contribution in [-0.4, -0.2) is 39.4 Å². The SMILES string of the molecule is COC(=O)C(Br)c1ccccc1C1CCCCO1.COC(=O)Cc1ccccc1C1CCCCO1. The van der Waals surface area contributed by atoms with E-state index >= 15 is 0 Å². The molecule has 0 amide bonds. The molecule has 190 valence electrons. The fourth-order valence-corrected chi connectivity index (χ4v) is 5.08. The Labute approximate surface area is 216 Å². The Morgan fingerprint density at radius 2 is 1.43 bits per heavy atom. The molecule has 0 saturated carbocycles. The van der Waals surface area contributed by atoms with E-state index in [0.29, 0.717) is 6.42 Å². The first kappa shape index (κ1) is 27.4. The number of ether oxygens (including phenoxy) is 4. The van der Waals surface area contributed by atoms with Crippen LogP contribution in [0.2, 0.25) is 0 Å². The Hall–Kier alpha value is -2.22. The summed E-state index contributed by atoms with van der Waals surface area (Å²) in [6.45, 7) is 1.61. The molecular weight excluding hydrogens is 512 g/mol. The lowest BCUT2D eigenvalue weighted by Gasteiger charge is -2.25. The number of carbonyl (C=O) groups is 2. The lowest BCUT2D eigenvalue weighted by Crippen LogP contribution is -2.16. The summed E-state index contributed by atoms with van der Waals surface area (Å²) in [5, 5.41) is 0. The fourth-order valence-electron chi connectivity index (χ4n) is 4.47. The average Bonchev–Trinajstić information content (AvgIpc) is 2.93. The number of carbonyl (C=O) groups excluding carboxylic acids is 2. The maximum atomic E-state index is 11.6. The molecule has 0 N–H and O–H groups in total. The summed E-state index contributed by atoms with van der Waals surface area (Å²) in [5.74, 6) is -0.480. The summed E-state index contributed by atoms with van der Waals surface area (Å²) in [7, 11) is 2.82. The number of hydrogen-bond acceptors (Lipinski definition) is 6. The standard InChI is InChI=1S/C14H17BrO3.C14H18O3/c1-17-14(16)13(15)11-7-3-2-6-10(11)12-8-4-5-9-18-12;1-16-14(15)10-11-6-2-3-7-12(11)13-8-4-5-9-17-13/h2-3,6-7,12-13H,4-5,8-9H2,1H3;2-3,6-7,13H,4-5,8-10H2,1H3. The second-order valence-corrected chi connectivity index (χ2v) is 9.59. The third-order valence-corrected chi connectivity index (χ3v) is 7.21. The quantitative estimate of drug-likeness (QED) is 0.318. The highest BCUT2D eigenvalue weighted by atomic mass is 79.9. The van der Waals surface area contributed by atoms with E-state index in [-0.39, 0.29) is 24.1 Å². The topological polar surface area (TPSA) is 71.1 Å². The van der Waals surface area contributed by atoms with Gasteiger partial charge in [0.15, 0.2) is 0 Å². The van der Waals surface area contributed by atoms with E-state index in [1.165, 1.54) is 27.1 Å². The van der Waals surface area contributed by atoms with E-state index in [1.54, 1.807) is 0 Å². The van der Waals surface area contributed by atoms with Gasteiger partial charge in [0.2, 0.25) is 0 Å². The molecule has 0 aromatic heterocycles. The Bertz CT molecular complexity index is 950. The number of benzene rings is 2. The maximum absolute atomic E-state index is 11.6. The summed E-state index contributed by atoms with van der Waals surface area (Å²) in [5.41, 5.74) is 4.18. The molecule has 2 aromatic rings. The highest BCUT2D eigenvalue weighted by Gasteiger charge is 2.25. The van der Waals surface area contributed by atoms with Crippen LogP contribution in [0.25, 0.3) is 0 Å². The van der Waals surface area contributed by atoms with Gasteiger partial charge in [-0.15, -0.1) is 0 Å². The van der Waals surface area contributed by atoms with Crippen LogP contribution in [0.3, 0.4) is 0 Å². The second kappa shape index (κ2) is 14.4. The first-order chi connectivity index (χ1) is 17.0. The molecule has 0 radical (unpaired) electrons. The molecule has 35 heavy (non-hydrogen) atoms. The zero-order valence-corrected chi connectivity index (χ0v) is 22.1. The van der Waals surface area contributed by atoms with Crippen LogP contribution >= 0.6 is 15.9 Å². The summed E-state index contributed by atoms with van der Waals surface area (Å²) < 4.78 is 21.1. The molecule has 2 aromatic carbocycles. The molecule has 2 fully saturated rings. The number of methoxy groups -OCH3 is 2. The first-order valence-corrected chi connectivity index (χ1v) is 13.1. The van der Waals surface area contributed by atoms with Crippen LogP contribution in [0.5, 0.6) is 0 Å². The van der Waals surface area contributed by atoms with E-state index in [2.05, 4.69) is 15.9 Å². The molecule has 6 nitrogen and oxygen atoms in total. The molecule has 3 unspecified atom stereocenters. The van der Waals surface area contributed by atoms with Gasteiger partial charge in [0, 0.05) is 13.2 Å². The average molecular weight is 547 g/mol. The molecule has 0 spiro atoms. The van der Waals surface area contributed by atoms with E-state index < -0.39 is 4.83 Å². The van der Waals surface area contributed by atoms with Crippen LogP contribution in [0.1, 0.15) is 77.8 Å². The van der Waals surface area contributed by atoms with Crippen molar-refractivity contribution in [2.75, 3.05) is 27.4 Å². The van der Waals surface area contributed by atoms with Crippen molar-refractivity contribution < 1.29 is 28.5 Å². The van der Waals surface area contributed by atoms with Crippen LogP contribution in [0.15, 0.2) is 48.5 Å². The summed E-state index contributed by atoms with van der Waals surface area (Å²) in [6, 6.07) is 15.9. The van der Waals surface area contributed by atoms with Crippen molar-refractivity contribution in [2.24, 2.45) is 0 Å². The highest BCUT2D eigenvalue weighted by molar-refractivity contribution is 9.09. The smallest absolute Gasteiger partial charge is 0.324 e. The van der Waals surface area contributed by atoms with Crippen molar-refractivity contribution in [3.05, 3.63) is 70.8 Å². The van der Waals surface area contributed by atoms with Crippen LogP contribution in [0, 0.1) is 0 Å². The lowest BCUT2D eigenvalue weighted by atomic mass is 9.95. The van der Waals surface area contributed by atoms with Gasteiger partial charge in [-0.3, -0.25) is 9.59 Å². The van der Waals surface area contributed by atoms with Crippen molar-refractivity contribution in [1.82, 2.24) is 0 Å². The molecule has 2 heterocycles. The number of hydrogen-bond donors (Lipinski definition) is 0. The first-order valence-electron chi connectivity index (χ1n) is 12.2. The third-order valence-electron chi connectivity index (χ3n) is 6.35. The number of rotatable bonds is 6. The van der Waals surface area contributed by atoms with E-state index in [9.17, 15) is 9.59 Å². The minimum atomic E-state index is -0.427. The normalized spacial score (nSPS) is 20.7. The molecule has 3 atom stereocenters. The summed E-state index contributed by atoms with van der Waals surface area (Å²) in [6.07, 6.45) is 7.23. The Morgan fingerprint density at radius 3 is 2.00 bits per heavy atom. The molecule has 0 aliphatic carbocycles. The maximum Gasteiger partial charge on any atom is 0.324 e. The molecule has 0 bridgehead atoms. The molecule has 2 aliphatic rings. The van der Waals surface area contributed by atoms with Crippen molar-refractivity contribution in [3.63, 3.8) is 0 Å². The van der Waals surface area contributed by atoms with Gasteiger partial charge in [0.25, 0.3) is 0 Å². The number of halogens is 1. The summed E-state index contributed by atoms with van der Waals surface area (Å²) >= 11 is 3.40. The van der Waals surface area contributed by atoms with Crippen molar-refractivity contribution in [2.45, 2.75) is 62.0 Å². The number of esters is 2. The minimum Gasteiger partial charge on any atom is -0.469 e. The van der Waals surface area contributed by atoms with Crippen molar-refractivity contribution >= 4 is 27.9 Å². The third kappa shape index (κ3) is 7.89. The van der Waals surface area contributed by atoms with Gasteiger partial charge in [-0.1, -0.05) is 64.5 Å². The second-order valence-electron chi connectivity index (χ2n) is 8.68.